The molecule has 0 aliphatic rings. The van der Waals surface area contributed by atoms with Crippen LogP contribution in [-0.2, 0) is 11.2 Å². The van der Waals surface area contributed by atoms with Crippen LogP contribution in [0.4, 0.5) is 0 Å². The van der Waals surface area contributed by atoms with E-state index in [0.29, 0.717) is 29.9 Å². The standard InChI is InChI=1S/C17H22BrN3O3/c1-4-6-7-13(17(23)24)20-16(22)14-12(5-2)19-15-10(3)8-11(18)9-21(14)15/h8-9,13H,4-7H2,1-3H3,(H,20,22)(H,23,24). The quantitative estimate of drug-likeness (QED) is 0.752. The van der Waals surface area contributed by atoms with Crippen molar-refractivity contribution in [2.75, 3.05) is 0 Å². The number of amides is 1. The van der Waals surface area contributed by atoms with Gasteiger partial charge in [0, 0.05) is 10.7 Å². The van der Waals surface area contributed by atoms with Crippen LogP contribution in [0.1, 0.15) is 54.9 Å². The molecule has 2 rings (SSSR count). The molecule has 1 atom stereocenters. The molecule has 2 aromatic rings. The van der Waals surface area contributed by atoms with Crippen molar-refractivity contribution in [3.8, 4) is 0 Å². The number of carboxylic acid groups (broad SMARTS) is 1. The van der Waals surface area contributed by atoms with Crippen LogP contribution in [0.5, 0.6) is 0 Å². The second-order valence-corrected chi connectivity index (χ2v) is 6.72. The number of carboxylic acids is 1. The van der Waals surface area contributed by atoms with Crippen LogP contribution >= 0.6 is 15.9 Å². The molecule has 1 amide bonds. The van der Waals surface area contributed by atoms with Gasteiger partial charge >= 0.3 is 5.97 Å². The van der Waals surface area contributed by atoms with Gasteiger partial charge in [0.25, 0.3) is 5.91 Å². The monoisotopic (exact) mass is 395 g/mol. The van der Waals surface area contributed by atoms with Crippen molar-refractivity contribution in [1.29, 1.82) is 0 Å². The van der Waals surface area contributed by atoms with Crippen LogP contribution in [0.2, 0.25) is 0 Å². The average Bonchev–Trinajstić information content (AvgIpc) is 2.89. The number of nitrogens with zero attached hydrogens (tertiary/aromatic N) is 2. The lowest BCUT2D eigenvalue weighted by atomic mass is 10.1. The number of hydrogen-bond donors (Lipinski definition) is 2. The molecule has 0 fully saturated rings. The highest BCUT2D eigenvalue weighted by molar-refractivity contribution is 9.10. The van der Waals surface area contributed by atoms with Gasteiger partial charge in [0.05, 0.1) is 5.69 Å². The summed E-state index contributed by atoms with van der Waals surface area (Å²) < 4.78 is 2.56. The van der Waals surface area contributed by atoms with E-state index in [1.54, 1.807) is 10.6 Å². The molecule has 2 heterocycles. The molecule has 0 aliphatic heterocycles. The number of halogens is 1. The zero-order valence-electron chi connectivity index (χ0n) is 14.1. The van der Waals surface area contributed by atoms with E-state index in [2.05, 4.69) is 26.2 Å². The van der Waals surface area contributed by atoms with Gasteiger partial charge in [-0.3, -0.25) is 9.20 Å². The SMILES string of the molecule is CCCCC(NC(=O)c1c(CC)nc2c(C)cc(Br)cn12)C(=O)O. The largest absolute Gasteiger partial charge is 0.480 e. The zero-order valence-corrected chi connectivity index (χ0v) is 15.7. The Balaban J connectivity index is 2.42. The zero-order chi connectivity index (χ0) is 17.9. The van der Waals surface area contributed by atoms with E-state index in [1.807, 2.05) is 26.8 Å². The number of pyridine rings is 1. The first-order chi connectivity index (χ1) is 11.4. The van der Waals surface area contributed by atoms with Gasteiger partial charge in [-0.25, -0.2) is 9.78 Å². The third kappa shape index (κ3) is 3.77. The Morgan fingerprint density at radius 2 is 2.12 bits per heavy atom. The molecule has 2 aromatic heterocycles. The van der Waals surface area contributed by atoms with Crippen molar-refractivity contribution in [3.63, 3.8) is 0 Å². The van der Waals surface area contributed by atoms with E-state index >= 15 is 0 Å². The lowest BCUT2D eigenvalue weighted by Gasteiger charge is -2.14. The molecular formula is C17H22BrN3O3. The maximum atomic E-state index is 12.7. The first-order valence-electron chi connectivity index (χ1n) is 8.09. The minimum absolute atomic E-state index is 0.402. The van der Waals surface area contributed by atoms with Crippen LogP contribution < -0.4 is 5.32 Å². The number of unbranched alkanes of at least 4 members (excludes halogenated alkanes) is 1. The van der Waals surface area contributed by atoms with Crippen molar-refractivity contribution >= 4 is 33.5 Å². The van der Waals surface area contributed by atoms with Crippen LogP contribution in [0, 0.1) is 6.92 Å². The minimum Gasteiger partial charge on any atom is -0.480 e. The smallest absolute Gasteiger partial charge is 0.326 e. The molecule has 2 N–H and O–H groups in total. The molecule has 0 aliphatic carbocycles. The molecule has 0 saturated heterocycles. The number of rotatable bonds is 7. The number of aliphatic carboxylic acids is 1. The Hall–Kier alpha value is -1.89. The maximum absolute atomic E-state index is 12.7. The first-order valence-corrected chi connectivity index (χ1v) is 8.89. The van der Waals surface area contributed by atoms with E-state index in [4.69, 9.17) is 0 Å². The number of carbonyl (C=O) groups is 2. The van der Waals surface area contributed by atoms with Crippen molar-refractivity contribution in [2.24, 2.45) is 0 Å². The summed E-state index contributed by atoms with van der Waals surface area (Å²) in [5.41, 5.74) is 2.72. The normalized spacial score (nSPS) is 12.3. The van der Waals surface area contributed by atoms with Gasteiger partial charge in [-0.2, -0.15) is 0 Å². The molecule has 0 spiro atoms. The summed E-state index contributed by atoms with van der Waals surface area (Å²) in [4.78, 5) is 28.7. The fourth-order valence-electron chi connectivity index (χ4n) is 2.69. The Labute approximate surface area is 149 Å². The van der Waals surface area contributed by atoms with E-state index in [0.717, 1.165) is 22.9 Å². The summed E-state index contributed by atoms with van der Waals surface area (Å²) >= 11 is 3.43. The van der Waals surface area contributed by atoms with E-state index in [1.165, 1.54) is 0 Å². The molecule has 7 heteroatoms. The van der Waals surface area contributed by atoms with Crippen LogP contribution in [0.25, 0.3) is 5.65 Å². The van der Waals surface area contributed by atoms with Crippen molar-refractivity contribution in [3.05, 3.63) is 33.7 Å². The Morgan fingerprint density at radius 3 is 2.71 bits per heavy atom. The lowest BCUT2D eigenvalue weighted by Crippen LogP contribution is -2.41. The number of imidazole rings is 1. The van der Waals surface area contributed by atoms with Gasteiger partial charge in [-0.15, -0.1) is 0 Å². The van der Waals surface area contributed by atoms with E-state index < -0.39 is 17.9 Å². The fourth-order valence-corrected chi connectivity index (χ4v) is 3.24. The molecule has 0 aromatic carbocycles. The number of fused-ring (bicyclic) bond motifs is 1. The summed E-state index contributed by atoms with van der Waals surface area (Å²) in [5, 5.41) is 12.0. The van der Waals surface area contributed by atoms with Crippen molar-refractivity contribution in [1.82, 2.24) is 14.7 Å². The Bertz CT molecular complexity index is 770. The maximum Gasteiger partial charge on any atom is 0.326 e. The van der Waals surface area contributed by atoms with Gasteiger partial charge in [0.2, 0.25) is 0 Å². The second kappa shape index (κ2) is 7.79. The van der Waals surface area contributed by atoms with Gasteiger partial charge < -0.3 is 10.4 Å². The summed E-state index contributed by atoms with van der Waals surface area (Å²) in [7, 11) is 0. The molecule has 130 valence electrons. The fraction of sp³-hybridized carbons (Fsp3) is 0.471. The summed E-state index contributed by atoms with van der Waals surface area (Å²) in [6.45, 7) is 5.84. The number of aromatic nitrogens is 2. The number of aryl methyl sites for hydroxylation is 2. The average molecular weight is 396 g/mol. The topological polar surface area (TPSA) is 83.7 Å². The predicted molar refractivity (Wildman–Crippen MR) is 95.4 cm³/mol. The summed E-state index contributed by atoms with van der Waals surface area (Å²) in [6.07, 6.45) is 4.41. The Kier molecular flexibility index (Phi) is 5.99. The van der Waals surface area contributed by atoms with Gasteiger partial charge in [-0.1, -0.05) is 26.7 Å². The van der Waals surface area contributed by atoms with Gasteiger partial charge in [0.15, 0.2) is 0 Å². The van der Waals surface area contributed by atoms with E-state index in [9.17, 15) is 14.7 Å². The molecular weight excluding hydrogens is 374 g/mol. The van der Waals surface area contributed by atoms with Crippen molar-refractivity contribution < 1.29 is 14.7 Å². The number of nitrogens with one attached hydrogen (secondary N) is 1. The first kappa shape index (κ1) is 18.4. The molecule has 0 saturated carbocycles. The number of carbonyl (C=O) groups excluding carboxylic acids is 1. The second-order valence-electron chi connectivity index (χ2n) is 5.80. The van der Waals surface area contributed by atoms with Crippen LogP contribution in [0.3, 0.4) is 0 Å². The molecule has 0 radical (unpaired) electrons. The van der Waals surface area contributed by atoms with Gasteiger partial charge in [0.1, 0.15) is 17.4 Å². The third-order valence-corrected chi connectivity index (χ3v) is 4.38. The van der Waals surface area contributed by atoms with Crippen LogP contribution in [-0.4, -0.2) is 32.4 Å². The Morgan fingerprint density at radius 1 is 1.42 bits per heavy atom. The molecule has 24 heavy (non-hydrogen) atoms. The van der Waals surface area contributed by atoms with Gasteiger partial charge in [-0.05, 0) is 47.3 Å². The molecule has 1 unspecified atom stereocenters. The van der Waals surface area contributed by atoms with Crippen molar-refractivity contribution in [2.45, 2.75) is 52.5 Å². The summed E-state index contributed by atoms with van der Waals surface area (Å²) in [5.74, 6) is -1.42. The highest BCUT2D eigenvalue weighted by atomic mass is 79.9. The molecule has 0 bridgehead atoms. The lowest BCUT2D eigenvalue weighted by molar-refractivity contribution is -0.139. The van der Waals surface area contributed by atoms with E-state index in [-0.39, 0.29) is 0 Å². The van der Waals surface area contributed by atoms with Crippen LogP contribution in [0.15, 0.2) is 16.7 Å². The molecule has 6 nitrogen and oxygen atoms in total. The highest BCUT2D eigenvalue weighted by Gasteiger charge is 2.25. The minimum atomic E-state index is -1.01. The summed E-state index contributed by atoms with van der Waals surface area (Å²) in [6, 6.07) is 1.05. The third-order valence-electron chi connectivity index (χ3n) is 3.94. The highest BCUT2D eigenvalue weighted by Crippen LogP contribution is 2.21. The predicted octanol–water partition coefficient (Wildman–Crippen LogP) is 3.34. The number of hydrogen-bond acceptors (Lipinski definition) is 3.